The van der Waals surface area contributed by atoms with Gasteiger partial charge in [0.1, 0.15) is 16.2 Å². The summed E-state index contributed by atoms with van der Waals surface area (Å²) >= 11 is 7.29. The van der Waals surface area contributed by atoms with E-state index in [4.69, 9.17) is 11.6 Å². The second-order valence-corrected chi connectivity index (χ2v) is 7.59. The molecule has 0 aliphatic heterocycles. The quantitative estimate of drug-likeness (QED) is 0.541. The molecule has 0 atom stereocenters. The highest BCUT2D eigenvalue weighted by molar-refractivity contribution is 7.17. The van der Waals surface area contributed by atoms with Crippen LogP contribution >= 0.6 is 22.9 Å². The van der Waals surface area contributed by atoms with Gasteiger partial charge in [0.15, 0.2) is 0 Å². The molecule has 2 heterocycles. The van der Waals surface area contributed by atoms with Crippen LogP contribution in [0.3, 0.4) is 0 Å². The first-order chi connectivity index (χ1) is 13.5. The van der Waals surface area contributed by atoms with E-state index in [1.807, 2.05) is 56.3 Å². The third-order valence-electron chi connectivity index (χ3n) is 4.14. The lowest BCUT2D eigenvalue weighted by molar-refractivity contribution is 0.103. The van der Waals surface area contributed by atoms with Crippen LogP contribution in [0.2, 0.25) is 5.02 Å². The standard InChI is InChI=1S/C19H15ClN6OS/c1-11-9-15(7-8-16(11)26-10-21-24-25-26)23-18(27)17-12(2)22-19(28-17)13-3-5-14(20)6-4-13/h3-10H,1-2H3,(H,23,27). The number of benzene rings is 2. The van der Waals surface area contributed by atoms with Crippen LogP contribution in [0.15, 0.2) is 48.8 Å². The smallest absolute Gasteiger partial charge is 0.267 e. The summed E-state index contributed by atoms with van der Waals surface area (Å²) < 4.78 is 1.58. The summed E-state index contributed by atoms with van der Waals surface area (Å²) in [5.74, 6) is -0.190. The predicted octanol–water partition coefficient (Wildman–Crippen LogP) is 4.31. The van der Waals surface area contributed by atoms with Crippen molar-refractivity contribution in [1.29, 1.82) is 0 Å². The van der Waals surface area contributed by atoms with Crippen LogP contribution in [-0.2, 0) is 0 Å². The number of aryl methyl sites for hydroxylation is 2. The van der Waals surface area contributed by atoms with Crippen molar-refractivity contribution < 1.29 is 4.79 Å². The largest absolute Gasteiger partial charge is 0.321 e. The minimum absolute atomic E-state index is 0.190. The van der Waals surface area contributed by atoms with E-state index < -0.39 is 0 Å². The Balaban J connectivity index is 1.55. The Kier molecular flexibility index (Phi) is 4.89. The van der Waals surface area contributed by atoms with E-state index in [1.54, 1.807) is 4.68 Å². The molecule has 0 spiro atoms. The minimum Gasteiger partial charge on any atom is -0.321 e. The van der Waals surface area contributed by atoms with E-state index in [0.29, 0.717) is 21.3 Å². The SMILES string of the molecule is Cc1cc(NC(=O)c2sc(-c3ccc(Cl)cc3)nc2C)ccc1-n1cnnn1. The van der Waals surface area contributed by atoms with Crippen LogP contribution in [-0.4, -0.2) is 31.1 Å². The Morgan fingerprint density at radius 1 is 1.14 bits per heavy atom. The highest BCUT2D eigenvalue weighted by atomic mass is 35.5. The van der Waals surface area contributed by atoms with Gasteiger partial charge in [0.2, 0.25) is 0 Å². The van der Waals surface area contributed by atoms with Gasteiger partial charge >= 0.3 is 0 Å². The maximum atomic E-state index is 12.8. The first-order valence-corrected chi connectivity index (χ1v) is 9.59. The van der Waals surface area contributed by atoms with Crippen molar-refractivity contribution in [3.8, 4) is 16.3 Å². The normalized spacial score (nSPS) is 10.8. The van der Waals surface area contributed by atoms with Gasteiger partial charge in [-0.3, -0.25) is 4.79 Å². The summed E-state index contributed by atoms with van der Waals surface area (Å²) in [7, 11) is 0. The van der Waals surface area contributed by atoms with Gasteiger partial charge in [-0.05, 0) is 60.2 Å². The van der Waals surface area contributed by atoms with Gasteiger partial charge < -0.3 is 5.32 Å². The highest BCUT2D eigenvalue weighted by Crippen LogP contribution is 2.29. The van der Waals surface area contributed by atoms with Gasteiger partial charge in [-0.1, -0.05) is 23.7 Å². The Morgan fingerprint density at radius 2 is 1.93 bits per heavy atom. The molecule has 0 fully saturated rings. The molecule has 1 N–H and O–H groups in total. The van der Waals surface area contributed by atoms with Crippen LogP contribution in [0.1, 0.15) is 20.9 Å². The van der Waals surface area contributed by atoms with Gasteiger partial charge in [0, 0.05) is 16.3 Å². The van der Waals surface area contributed by atoms with E-state index >= 15 is 0 Å². The van der Waals surface area contributed by atoms with E-state index in [0.717, 1.165) is 21.8 Å². The average molecular weight is 411 g/mol. The molecule has 0 aliphatic carbocycles. The molecular formula is C19H15ClN6OS. The Bertz CT molecular complexity index is 1140. The molecule has 2 aromatic carbocycles. The van der Waals surface area contributed by atoms with Gasteiger partial charge in [0.05, 0.1) is 11.4 Å². The first kappa shape index (κ1) is 18.3. The van der Waals surface area contributed by atoms with Crippen molar-refractivity contribution in [3.05, 3.63) is 69.9 Å². The summed E-state index contributed by atoms with van der Waals surface area (Å²) in [5.41, 5.74) is 4.10. The van der Waals surface area contributed by atoms with Gasteiger partial charge in [-0.15, -0.1) is 16.4 Å². The molecule has 4 aromatic rings. The highest BCUT2D eigenvalue weighted by Gasteiger charge is 2.17. The van der Waals surface area contributed by atoms with Crippen molar-refractivity contribution in [3.63, 3.8) is 0 Å². The summed E-state index contributed by atoms with van der Waals surface area (Å²) in [6.45, 7) is 3.76. The predicted molar refractivity (Wildman–Crippen MR) is 109 cm³/mol. The zero-order chi connectivity index (χ0) is 19.7. The number of nitrogens with zero attached hydrogens (tertiary/aromatic N) is 5. The summed E-state index contributed by atoms with van der Waals surface area (Å²) in [4.78, 5) is 17.9. The number of nitrogens with one attached hydrogen (secondary N) is 1. The molecule has 4 rings (SSSR count). The third-order valence-corrected chi connectivity index (χ3v) is 5.60. The maximum Gasteiger partial charge on any atom is 0.267 e. The van der Waals surface area contributed by atoms with Gasteiger partial charge in [-0.2, -0.15) is 0 Å². The fourth-order valence-corrected chi connectivity index (χ4v) is 3.87. The number of thiazole rings is 1. The van der Waals surface area contributed by atoms with Crippen LogP contribution in [0.4, 0.5) is 5.69 Å². The summed E-state index contributed by atoms with van der Waals surface area (Å²) in [6.07, 6.45) is 1.53. The molecular weight excluding hydrogens is 396 g/mol. The monoisotopic (exact) mass is 410 g/mol. The maximum absolute atomic E-state index is 12.8. The van der Waals surface area contributed by atoms with E-state index in [1.165, 1.54) is 17.7 Å². The topological polar surface area (TPSA) is 85.6 Å². The lowest BCUT2D eigenvalue weighted by Gasteiger charge is -2.08. The van der Waals surface area contributed by atoms with Gasteiger partial charge in [0.25, 0.3) is 5.91 Å². The number of hydrogen-bond donors (Lipinski definition) is 1. The molecule has 0 bridgehead atoms. The number of hydrogen-bond acceptors (Lipinski definition) is 6. The fourth-order valence-electron chi connectivity index (χ4n) is 2.77. The zero-order valence-corrected chi connectivity index (χ0v) is 16.6. The molecule has 0 unspecified atom stereocenters. The Labute approximate surface area is 170 Å². The van der Waals surface area contributed by atoms with Crippen LogP contribution < -0.4 is 5.32 Å². The van der Waals surface area contributed by atoms with Crippen molar-refractivity contribution in [2.24, 2.45) is 0 Å². The number of carbonyl (C=O) groups is 1. The van der Waals surface area contributed by atoms with Crippen molar-refractivity contribution in [2.75, 3.05) is 5.32 Å². The molecule has 9 heteroatoms. The third kappa shape index (κ3) is 3.64. The zero-order valence-electron chi connectivity index (χ0n) is 15.0. The summed E-state index contributed by atoms with van der Waals surface area (Å²) in [5, 5.41) is 15.6. The number of anilines is 1. The van der Waals surface area contributed by atoms with Crippen molar-refractivity contribution >= 4 is 34.5 Å². The van der Waals surface area contributed by atoms with Crippen molar-refractivity contribution in [2.45, 2.75) is 13.8 Å². The van der Waals surface area contributed by atoms with Gasteiger partial charge in [-0.25, -0.2) is 9.67 Å². The number of aromatic nitrogens is 5. The van der Waals surface area contributed by atoms with Crippen LogP contribution in [0.25, 0.3) is 16.3 Å². The van der Waals surface area contributed by atoms with E-state index in [-0.39, 0.29) is 5.91 Å². The lowest BCUT2D eigenvalue weighted by atomic mass is 10.1. The molecule has 0 radical (unpaired) electrons. The second-order valence-electron chi connectivity index (χ2n) is 6.15. The lowest BCUT2D eigenvalue weighted by Crippen LogP contribution is -2.12. The molecule has 28 heavy (non-hydrogen) atoms. The molecule has 0 aliphatic rings. The Morgan fingerprint density at radius 3 is 2.61 bits per heavy atom. The van der Waals surface area contributed by atoms with Crippen LogP contribution in [0.5, 0.6) is 0 Å². The first-order valence-electron chi connectivity index (χ1n) is 8.40. The number of tetrazole rings is 1. The number of halogens is 1. The van der Waals surface area contributed by atoms with Crippen molar-refractivity contribution in [1.82, 2.24) is 25.2 Å². The summed E-state index contributed by atoms with van der Waals surface area (Å²) in [6, 6.07) is 13.0. The van der Waals surface area contributed by atoms with E-state index in [2.05, 4.69) is 25.8 Å². The molecule has 1 amide bonds. The molecule has 2 aromatic heterocycles. The van der Waals surface area contributed by atoms with E-state index in [9.17, 15) is 4.79 Å². The number of rotatable bonds is 4. The molecule has 140 valence electrons. The molecule has 0 saturated carbocycles. The second kappa shape index (κ2) is 7.49. The average Bonchev–Trinajstić information content (AvgIpc) is 3.32. The molecule has 0 saturated heterocycles. The fraction of sp³-hybridized carbons (Fsp3) is 0.105. The van der Waals surface area contributed by atoms with Crippen LogP contribution in [0, 0.1) is 13.8 Å². The number of carbonyl (C=O) groups excluding carboxylic acids is 1. The minimum atomic E-state index is -0.190. The Hall–Kier alpha value is -3.10. The number of amides is 1. The molecule has 7 nitrogen and oxygen atoms in total.